The Morgan fingerprint density at radius 2 is 2.15 bits per heavy atom. The van der Waals surface area contributed by atoms with Crippen LogP contribution in [0.25, 0.3) is 0 Å². The van der Waals surface area contributed by atoms with Crippen LogP contribution in [0.2, 0.25) is 0 Å². The van der Waals surface area contributed by atoms with Crippen molar-refractivity contribution in [3.05, 3.63) is 24.8 Å². The summed E-state index contributed by atoms with van der Waals surface area (Å²) in [4.78, 5) is 2.43. The maximum absolute atomic E-state index is 5.29. The van der Waals surface area contributed by atoms with Crippen LogP contribution in [0.15, 0.2) is 24.8 Å². The molecular formula is C11H19NO. The van der Waals surface area contributed by atoms with Crippen molar-refractivity contribution < 1.29 is 4.74 Å². The minimum absolute atomic E-state index is 0.531. The summed E-state index contributed by atoms with van der Waals surface area (Å²) in [6, 6.07) is 0.531. The van der Waals surface area contributed by atoms with E-state index in [2.05, 4.69) is 30.6 Å². The van der Waals surface area contributed by atoms with E-state index in [9.17, 15) is 0 Å². The number of ether oxygens (including phenoxy) is 1. The summed E-state index contributed by atoms with van der Waals surface area (Å²) in [6.45, 7) is 9.77. The highest BCUT2D eigenvalue weighted by Crippen LogP contribution is 2.04. The zero-order chi connectivity index (χ0) is 9.52. The van der Waals surface area contributed by atoms with Crippen LogP contribution in [0, 0.1) is 0 Å². The molecule has 0 aromatic rings. The second-order valence-electron chi connectivity index (χ2n) is 3.34. The molecule has 1 unspecified atom stereocenters. The summed E-state index contributed by atoms with van der Waals surface area (Å²) in [6.07, 6.45) is 7.30. The van der Waals surface area contributed by atoms with Crippen molar-refractivity contribution in [3.63, 3.8) is 0 Å². The van der Waals surface area contributed by atoms with Crippen molar-refractivity contribution >= 4 is 0 Å². The Hall–Kier alpha value is -0.600. The lowest BCUT2D eigenvalue weighted by molar-refractivity contribution is 0.0286. The van der Waals surface area contributed by atoms with Gasteiger partial charge in [-0.3, -0.25) is 4.90 Å². The molecule has 1 rings (SSSR count). The van der Waals surface area contributed by atoms with E-state index in [0.29, 0.717) is 6.04 Å². The van der Waals surface area contributed by atoms with E-state index in [0.717, 1.165) is 32.7 Å². The topological polar surface area (TPSA) is 12.5 Å². The summed E-state index contributed by atoms with van der Waals surface area (Å²) >= 11 is 0. The Bertz CT molecular complexity index is 171. The fraction of sp³-hybridized carbons (Fsp3) is 0.636. The molecule has 0 N–H and O–H groups in total. The highest BCUT2D eigenvalue weighted by molar-refractivity contribution is 4.95. The molecule has 1 fully saturated rings. The summed E-state index contributed by atoms with van der Waals surface area (Å²) in [5, 5.41) is 0. The first-order valence-electron chi connectivity index (χ1n) is 4.94. The summed E-state index contributed by atoms with van der Waals surface area (Å²) in [5.74, 6) is 0. The van der Waals surface area contributed by atoms with Crippen LogP contribution in [0.3, 0.4) is 0 Å². The largest absolute Gasteiger partial charge is 0.379 e. The van der Waals surface area contributed by atoms with Crippen LogP contribution in [0.4, 0.5) is 0 Å². The van der Waals surface area contributed by atoms with Gasteiger partial charge in [-0.2, -0.15) is 0 Å². The molecule has 0 bridgehead atoms. The van der Waals surface area contributed by atoms with E-state index in [1.54, 1.807) is 0 Å². The van der Waals surface area contributed by atoms with Gasteiger partial charge in [-0.05, 0) is 13.3 Å². The smallest absolute Gasteiger partial charge is 0.0594 e. The third-order valence-electron chi connectivity index (χ3n) is 2.34. The lowest BCUT2D eigenvalue weighted by atomic mass is 10.2. The van der Waals surface area contributed by atoms with Crippen LogP contribution in [-0.4, -0.2) is 37.2 Å². The fourth-order valence-electron chi connectivity index (χ4n) is 1.48. The van der Waals surface area contributed by atoms with Crippen LogP contribution >= 0.6 is 0 Å². The fourth-order valence-corrected chi connectivity index (χ4v) is 1.48. The van der Waals surface area contributed by atoms with Gasteiger partial charge in [0, 0.05) is 19.1 Å². The van der Waals surface area contributed by atoms with Crippen molar-refractivity contribution in [3.8, 4) is 0 Å². The third-order valence-corrected chi connectivity index (χ3v) is 2.34. The summed E-state index contributed by atoms with van der Waals surface area (Å²) < 4.78 is 5.29. The Balaban J connectivity index is 2.27. The van der Waals surface area contributed by atoms with Gasteiger partial charge in [-0.1, -0.05) is 18.2 Å². The van der Waals surface area contributed by atoms with E-state index in [-0.39, 0.29) is 0 Å². The normalized spacial score (nSPS) is 21.9. The second kappa shape index (κ2) is 5.95. The molecule has 0 radical (unpaired) electrons. The molecule has 2 heteroatoms. The zero-order valence-corrected chi connectivity index (χ0v) is 8.41. The lowest BCUT2D eigenvalue weighted by Crippen LogP contribution is -2.41. The minimum atomic E-state index is 0.531. The molecular weight excluding hydrogens is 162 g/mol. The standard InChI is InChI=1S/C11H19NO/c1-3-4-5-6-11(2)12-7-9-13-10-8-12/h3,5-6,11H,1,4,7-10H2,2H3/b6-5+. The van der Waals surface area contributed by atoms with Crippen molar-refractivity contribution in [1.82, 2.24) is 4.90 Å². The number of nitrogens with zero attached hydrogens (tertiary/aromatic N) is 1. The first-order chi connectivity index (χ1) is 6.34. The molecule has 2 nitrogen and oxygen atoms in total. The van der Waals surface area contributed by atoms with Gasteiger partial charge < -0.3 is 4.74 Å². The van der Waals surface area contributed by atoms with E-state index in [1.165, 1.54) is 0 Å². The molecule has 0 saturated carbocycles. The highest BCUT2D eigenvalue weighted by Gasteiger charge is 2.13. The first-order valence-corrected chi connectivity index (χ1v) is 4.94. The van der Waals surface area contributed by atoms with E-state index < -0.39 is 0 Å². The predicted octanol–water partition coefficient (Wildman–Crippen LogP) is 1.84. The Labute approximate surface area is 80.9 Å². The quantitative estimate of drug-likeness (QED) is 0.614. The molecule has 1 aliphatic rings. The summed E-state index contributed by atoms with van der Waals surface area (Å²) in [7, 11) is 0. The lowest BCUT2D eigenvalue weighted by Gasteiger charge is -2.30. The molecule has 1 atom stereocenters. The van der Waals surface area contributed by atoms with Crippen molar-refractivity contribution in [2.75, 3.05) is 26.3 Å². The number of hydrogen-bond donors (Lipinski definition) is 0. The molecule has 74 valence electrons. The Kier molecular flexibility index (Phi) is 4.79. The van der Waals surface area contributed by atoms with E-state index in [1.807, 2.05) is 6.08 Å². The molecule has 1 heterocycles. The highest BCUT2D eigenvalue weighted by atomic mass is 16.5. The van der Waals surface area contributed by atoms with Gasteiger partial charge >= 0.3 is 0 Å². The Morgan fingerprint density at radius 1 is 1.46 bits per heavy atom. The number of hydrogen-bond acceptors (Lipinski definition) is 2. The average molecular weight is 181 g/mol. The number of allylic oxidation sites excluding steroid dienone is 2. The zero-order valence-electron chi connectivity index (χ0n) is 8.41. The average Bonchev–Trinajstić information content (AvgIpc) is 2.19. The molecule has 0 aromatic heterocycles. The third kappa shape index (κ3) is 3.75. The maximum atomic E-state index is 5.29. The van der Waals surface area contributed by atoms with Gasteiger partial charge in [-0.25, -0.2) is 0 Å². The molecule has 0 aromatic carbocycles. The van der Waals surface area contributed by atoms with Gasteiger partial charge in [-0.15, -0.1) is 6.58 Å². The van der Waals surface area contributed by atoms with Crippen molar-refractivity contribution in [2.45, 2.75) is 19.4 Å². The second-order valence-corrected chi connectivity index (χ2v) is 3.34. The van der Waals surface area contributed by atoms with E-state index in [4.69, 9.17) is 4.74 Å². The minimum Gasteiger partial charge on any atom is -0.379 e. The molecule has 1 aliphatic heterocycles. The van der Waals surface area contributed by atoms with Gasteiger partial charge in [0.2, 0.25) is 0 Å². The van der Waals surface area contributed by atoms with Crippen LogP contribution in [0.1, 0.15) is 13.3 Å². The van der Waals surface area contributed by atoms with Gasteiger partial charge in [0.05, 0.1) is 13.2 Å². The number of morpholine rings is 1. The van der Waals surface area contributed by atoms with E-state index >= 15 is 0 Å². The first kappa shape index (κ1) is 10.5. The van der Waals surface area contributed by atoms with Crippen molar-refractivity contribution in [1.29, 1.82) is 0 Å². The maximum Gasteiger partial charge on any atom is 0.0594 e. The predicted molar refractivity (Wildman–Crippen MR) is 55.8 cm³/mol. The summed E-state index contributed by atoms with van der Waals surface area (Å²) in [5.41, 5.74) is 0. The molecule has 0 amide bonds. The van der Waals surface area contributed by atoms with Crippen LogP contribution in [0.5, 0.6) is 0 Å². The molecule has 13 heavy (non-hydrogen) atoms. The molecule has 0 aliphatic carbocycles. The molecule has 1 saturated heterocycles. The Morgan fingerprint density at radius 3 is 2.77 bits per heavy atom. The van der Waals surface area contributed by atoms with Crippen LogP contribution < -0.4 is 0 Å². The number of rotatable bonds is 4. The van der Waals surface area contributed by atoms with Crippen molar-refractivity contribution in [2.24, 2.45) is 0 Å². The van der Waals surface area contributed by atoms with Crippen LogP contribution in [-0.2, 0) is 4.74 Å². The molecule has 0 spiro atoms. The van der Waals surface area contributed by atoms with Gasteiger partial charge in [0.15, 0.2) is 0 Å². The van der Waals surface area contributed by atoms with Gasteiger partial charge in [0.25, 0.3) is 0 Å². The van der Waals surface area contributed by atoms with Gasteiger partial charge in [0.1, 0.15) is 0 Å². The monoisotopic (exact) mass is 181 g/mol. The SMILES string of the molecule is C=CC/C=C/C(C)N1CCOCC1.